The molecule has 2 heterocycles. The zero-order valence-electron chi connectivity index (χ0n) is 15.3. The summed E-state index contributed by atoms with van der Waals surface area (Å²) in [5.41, 5.74) is 13.8. The highest BCUT2D eigenvalue weighted by molar-refractivity contribution is 5.90. The molecule has 2 aromatic heterocycles. The lowest BCUT2D eigenvalue weighted by atomic mass is 10.0. The van der Waals surface area contributed by atoms with Gasteiger partial charge in [-0.25, -0.2) is 4.98 Å². The Morgan fingerprint density at radius 2 is 2.00 bits per heavy atom. The van der Waals surface area contributed by atoms with Crippen LogP contribution in [0.15, 0.2) is 35.4 Å². The van der Waals surface area contributed by atoms with Crippen molar-refractivity contribution >= 4 is 22.7 Å². The predicted octanol–water partition coefficient (Wildman–Crippen LogP) is 2.70. The van der Waals surface area contributed by atoms with Crippen LogP contribution in [0.1, 0.15) is 16.9 Å². The van der Waals surface area contributed by atoms with Crippen LogP contribution in [0.2, 0.25) is 0 Å². The number of benzene rings is 1. The summed E-state index contributed by atoms with van der Waals surface area (Å²) >= 11 is 0. The van der Waals surface area contributed by atoms with Gasteiger partial charge in [0.1, 0.15) is 18.2 Å². The maximum absolute atomic E-state index is 5.99. The molecule has 0 aliphatic rings. The third-order valence-corrected chi connectivity index (χ3v) is 4.07. The molecule has 0 aliphatic heterocycles. The highest BCUT2D eigenvalue weighted by Gasteiger charge is 2.19. The van der Waals surface area contributed by atoms with Crippen LogP contribution in [0, 0.1) is 0 Å². The Balaban J connectivity index is 2.08. The first-order chi connectivity index (χ1) is 13.1. The molecular formula is C19H22N4O4. The van der Waals surface area contributed by atoms with E-state index in [0.29, 0.717) is 48.3 Å². The SMILES string of the molecule is C=CCOCc1cc2c(Cc3cnc(N)nc3N)cc(OC)c(OC)c2o1. The minimum atomic E-state index is 0.138. The number of aromatic nitrogens is 2. The zero-order valence-corrected chi connectivity index (χ0v) is 15.3. The van der Waals surface area contributed by atoms with Gasteiger partial charge in [-0.2, -0.15) is 4.98 Å². The fourth-order valence-corrected chi connectivity index (χ4v) is 2.84. The second kappa shape index (κ2) is 7.96. The van der Waals surface area contributed by atoms with Crippen LogP contribution in [0.5, 0.6) is 11.5 Å². The second-order valence-electron chi connectivity index (χ2n) is 5.85. The predicted molar refractivity (Wildman–Crippen MR) is 103 cm³/mol. The van der Waals surface area contributed by atoms with Crippen molar-refractivity contribution in [3.8, 4) is 11.5 Å². The van der Waals surface area contributed by atoms with Gasteiger partial charge in [0.15, 0.2) is 11.3 Å². The van der Waals surface area contributed by atoms with Crippen molar-refractivity contribution in [1.82, 2.24) is 9.97 Å². The average molecular weight is 370 g/mol. The average Bonchev–Trinajstić information content (AvgIpc) is 3.07. The van der Waals surface area contributed by atoms with Gasteiger partial charge in [-0.3, -0.25) is 0 Å². The van der Waals surface area contributed by atoms with Gasteiger partial charge in [0.25, 0.3) is 0 Å². The summed E-state index contributed by atoms with van der Waals surface area (Å²) in [7, 11) is 3.14. The fourth-order valence-electron chi connectivity index (χ4n) is 2.84. The molecule has 0 saturated heterocycles. The van der Waals surface area contributed by atoms with Gasteiger partial charge >= 0.3 is 0 Å². The minimum Gasteiger partial charge on any atom is -0.493 e. The van der Waals surface area contributed by atoms with E-state index in [4.69, 9.17) is 30.1 Å². The van der Waals surface area contributed by atoms with E-state index in [1.54, 1.807) is 26.5 Å². The van der Waals surface area contributed by atoms with E-state index in [0.717, 1.165) is 16.5 Å². The van der Waals surface area contributed by atoms with Gasteiger partial charge in [-0.15, -0.1) is 6.58 Å². The lowest BCUT2D eigenvalue weighted by molar-refractivity contribution is 0.133. The number of ether oxygens (including phenoxy) is 3. The van der Waals surface area contributed by atoms with Crippen LogP contribution in [0.3, 0.4) is 0 Å². The maximum Gasteiger partial charge on any atom is 0.221 e. The Labute approximate surface area is 156 Å². The lowest BCUT2D eigenvalue weighted by Crippen LogP contribution is -2.04. The highest BCUT2D eigenvalue weighted by Crippen LogP contribution is 2.40. The van der Waals surface area contributed by atoms with Crippen LogP contribution in [-0.4, -0.2) is 30.8 Å². The lowest BCUT2D eigenvalue weighted by Gasteiger charge is -2.12. The molecule has 0 atom stereocenters. The van der Waals surface area contributed by atoms with E-state index in [2.05, 4.69) is 16.5 Å². The fraction of sp³-hybridized carbons (Fsp3) is 0.263. The molecular weight excluding hydrogens is 348 g/mol. The number of nitrogens with two attached hydrogens (primary N) is 2. The van der Waals surface area contributed by atoms with Crippen molar-refractivity contribution in [3.05, 3.63) is 47.9 Å². The minimum absolute atomic E-state index is 0.138. The normalized spacial score (nSPS) is 10.9. The standard InChI is InChI=1S/C19H22N4O4/c1-4-5-26-10-13-8-14-11(6-12-9-22-19(21)23-18(12)20)7-15(24-2)17(25-3)16(14)27-13/h4,7-9H,1,5-6,10H2,2-3H3,(H4,20,21,22,23). The van der Waals surface area contributed by atoms with Crippen molar-refractivity contribution < 1.29 is 18.6 Å². The molecule has 0 radical (unpaired) electrons. The maximum atomic E-state index is 5.99. The summed E-state index contributed by atoms with van der Waals surface area (Å²) in [5.74, 6) is 2.22. The van der Waals surface area contributed by atoms with E-state index in [9.17, 15) is 0 Å². The largest absolute Gasteiger partial charge is 0.493 e. The smallest absolute Gasteiger partial charge is 0.221 e. The number of rotatable bonds is 8. The number of anilines is 2. The molecule has 3 rings (SSSR count). The topological polar surface area (TPSA) is 119 Å². The van der Waals surface area contributed by atoms with Gasteiger partial charge in [-0.05, 0) is 17.7 Å². The first kappa shape index (κ1) is 18.5. The van der Waals surface area contributed by atoms with Crippen LogP contribution in [-0.2, 0) is 17.8 Å². The molecule has 0 fully saturated rings. The van der Waals surface area contributed by atoms with Gasteiger partial charge in [0.05, 0.1) is 20.8 Å². The number of methoxy groups -OCH3 is 2. The number of hydrogen-bond donors (Lipinski definition) is 2. The number of nitrogen functional groups attached to an aromatic ring is 2. The number of furan rings is 1. The van der Waals surface area contributed by atoms with E-state index in [1.165, 1.54) is 0 Å². The van der Waals surface area contributed by atoms with Gasteiger partial charge < -0.3 is 30.1 Å². The summed E-state index contributed by atoms with van der Waals surface area (Å²) in [6.45, 7) is 4.39. The van der Waals surface area contributed by atoms with Crippen molar-refractivity contribution in [2.24, 2.45) is 0 Å². The van der Waals surface area contributed by atoms with E-state index in [1.807, 2.05) is 12.1 Å². The monoisotopic (exact) mass is 370 g/mol. The summed E-state index contributed by atoms with van der Waals surface area (Å²) in [5, 5.41) is 0.876. The van der Waals surface area contributed by atoms with Crippen LogP contribution in [0.25, 0.3) is 11.0 Å². The van der Waals surface area contributed by atoms with Crippen molar-refractivity contribution in [2.75, 3.05) is 32.3 Å². The molecule has 8 nitrogen and oxygen atoms in total. The van der Waals surface area contributed by atoms with Crippen LogP contribution >= 0.6 is 0 Å². The number of nitrogens with zero attached hydrogens (tertiary/aromatic N) is 2. The molecule has 142 valence electrons. The Morgan fingerprint density at radius 3 is 2.67 bits per heavy atom. The molecule has 27 heavy (non-hydrogen) atoms. The zero-order chi connectivity index (χ0) is 19.4. The first-order valence-corrected chi connectivity index (χ1v) is 8.29. The quantitative estimate of drug-likeness (QED) is 0.459. The molecule has 0 amide bonds. The number of fused-ring (bicyclic) bond motifs is 1. The van der Waals surface area contributed by atoms with Gasteiger partial charge in [0.2, 0.25) is 11.7 Å². The molecule has 0 bridgehead atoms. The van der Waals surface area contributed by atoms with Crippen molar-refractivity contribution in [3.63, 3.8) is 0 Å². The van der Waals surface area contributed by atoms with E-state index >= 15 is 0 Å². The summed E-state index contributed by atoms with van der Waals surface area (Å²) in [6, 6.07) is 3.81. The van der Waals surface area contributed by atoms with Crippen molar-refractivity contribution in [2.45, 2.75) is 13.0 Å². The molecule has 0 spiro atoms. The molecule has 1 aromatic carbocycles. The van der Waals surface area contributed by atoms with E-state index in [-0.39, 0.29) is 5.95 Å². The molecule has 0 unspecified atom stereocenters. The summed E-state index contributed by atoms with van der Waals surface area (Å²) < 4.78 is 22.4. The third kappa shape index (κ3) is 3.80. The molecule has 8 heteroatoms. The molecule has 0 aliphatic carbocycles. The van der Waals surface area contributed by atoms with Gasteiger partial charge in [-0.1, -0.05) is 6.08 Å². The Bertz CT molecular complexity index is 968. The third-order valence-electron chi connectivity index (χ3n) is 4.07. The molecule has 0 saturated carbocycles. The Kier molecular flexibility index (Phi) is 5.46. The molecule has 4 N–H and O–H groups in total. The van der Waals surface area contributed by atoms with Crippen LogP contribution in [0.4, 0.5) is 11.8 Å². The second-order valence-corrected chi connectivity index (χ2v) is 5.85. The Hall–Kier alpha value is -3.26. The number of hydrogen-bond acceptors (Lipinski definition) is 8. The summed E-state index contributed by atoms with van der Waals surface area (Å²) in [4.78, 5) is 8.04. The van der Waals surface area contributed by atoms with Gasteiger partial charge in [0, 0.05) is 23.6 Å². The van der Waals surface area contributed by atoms with Crippen molar-refractivity contribution in [1.29, 1.82) is 0 Å². The Morgan fingerprint density at radius 1 is 1.19 bits per heavy atom. The van der Waals surface area contributed by atoms with E-state index < -0.39 is 0 Å². The molecule has 3 aromatic rings. The van der Waals surface area contributed by atoms with Crippen LogP contribution < -0.4 is 20.9 Å². The summed E-state index contributed by atoms with van der Waals surface area (Å²) in [6.07, 6.45) is 3.78. The highest BCUT2D eigenvalue weighted by atomic mass is 16.5. The first-order valence-electron chi connectivity index (χ1n) is 8.29.